The first-order valence-electron chi connectivity index (χ1n) is 6.85. The molecular formula is C15H19NO3. The Hall–Kier alpha value is -1.55. The van der Waals surface area contributed by atoms with Gasteiger partial charge in [0.05, 0.1) is 13.0 Å². The zero-order chi connectivity index (χ0) is 13.4. The molecule has 2 N–H and O–H groups in total. The summed E-state index contributed by atoms with van der Waals surface area (Å²) in [6.07, 6.45) is 4.03. The van der Waals surface area contributed by atoms with E-state index in [2.05, 4.69) is 17.4 Å². The second kappa shape index (κ2) is 4.85. The van der Waals surface area contributed by atoms with E-state index in [-0.39, 0.29) is 12.0 Å². The van der Waals surface area contributed by atoms with E-state index in [0.717, 1.165) is 24.2 Å². The molecule has 1 aliphatic heterocycles. The van der Waals surface area contributed by atoms with Crippen molar-refractivity contribution < 1.29 is 14.6 Å². The fourth-order valence-corrected chi connectivity index (χ4v) is 3.33. The summed E-state index contributed by atoms with van der Waals surface area (Å²) in [5.41, 5.74) is 3.82. The molecule has 0 amide bonds. The normalized spacial score (nSPS) is 25.3. The molecule has 2 atom stereocenters. The average molecular weight is 261 g/mol. The lowest BCUT2D eigenvalue weighted by atomic mass is 9.95. The van der Waals surface area contributed by atoms with Gasteiger partial charge < -0.3 is 15.2 Å². The highest BCUT2D eigenvalue weighted by Gasteiger charge is 2.32. The summed E-state index contributed by atoms with van der Waals surface area (Å²) in [4.78, 5) is 11.0. The number of carboxylic acids is 1. The number of hydrogen-bond donors (Lipinski definition) is 2. The Bertz CT molecular complexity index is 512. The Kier molecular flexibility index (Phi) is 3.19. The second-order valence-corrected chi connectivity index (χ2v) is 5.41. The monoisotopic (exact) mass is 261 g/mol. The van der Waals surface area contributed by atoms with Gasteiger partial charge in [0, 0.05) is 18.2 Å². The SMILES string of the molecule is COc1c(C2CC(C(=O)O)CN2)ccc2c1CCC2. The van der Waals surface area contributed by atoms with Crippen LogP contribution < -0.4 is 10.1 Å². The van der Waals surface area contributed by atoms with E-state index >= 15 is 0 Å². The van der Waals surface area contributed by atoms with Gasteiger partial charge in [0.2, 0.25) is 0 Å². The van der Waals surface area contributed by atoms with Crippen LogP contribution in [0.1, 0.15) is 35.6 Å². The van der Waals surface area contributed by atoms with Crippen molar-refractivity contribution in [2.75, 3.05) is 13.7 Å². The fraction of sp³-hybridized carbons (Fsp3) is 0.533. The minimum absolute atomic E-state index is 0.0990. The molecule has 1 saturated heterocycles. The summed E-state index contributed by atoms with van der Waals surface area (Å²) < 4.78 is 5.61. The molecule has 0 aromatic heterocycles. The zero-order valence-electron chi connectivity index (χ0n) is 11.1. The lowest BCUT2D eigenvalue weighted by Crippen LogP contribution is -2.17. The van der Waals surface area contributed by atoms with E-state index in [1.54, 1.807) is 7.11 Å². The van der Waals surface area contributed by atoms with Crippen LogP contribution in [-0.4, -0.2) is 24.7 Å². The van der Waals surface area contributed by atoms with Gasteiger partial charge in [0.25, 0.3) is 0 Å². The van der Waals surface area contributed by atoms with Crippen LogP contribution in [0, 0.1) is 5.92 Å². The molecule has 4 nitrogen and oxygen atoms in total. The van der Waals surface area contributed by atoms with Gasteiger partial charge in [-0.2, -0.15) is 0 Å². The van der Waals surface area contributed by atoms with E-state index in [0.29, 0.717) is 13.0 Å². The number of rotatable bonds is 3. The van der Waals surface area contributed by atoms with Gasteiger partial charge in [-0.3, -0.25) is 4.79 Å². The molecule has 0 saturated carbocycles. The Morgan fingerprint density at radius 3 is 2.95 bits per heavy atom. The third kappa shape index (κ3) is 2.10. The standard InChI is InChI=1S/C15H19NO3/c1-19-14-11-4-2-3-9(11)5-6-12(14)13-7-10(8-16-13)15(17)18/h5-6,10,13,16H,2-4,7-8H2,1H3,(H,17,18). The molecule has 0 spiro atoms. The number of ether oxygens (including phenoxy) is 1. The van der Waals surface area contributed by atoms with Crippen LogP contribution in [0.2, 0.25) is 0 Å². The summed E-state index contributed by atoms with van der Waals surface area (Å²) in [6, 6.07) is 4.38. The average Bonchev–Trinajstić information content (AvgIpc) is 3.05. The van der Waals surface area contributed by atoms with Crippen molar-refractivity contribution >= 4 is 5.97 Å². The highest BCUT2D eigenvalue weighted by molar-refractivity contribution is 5.71. The predicted molar refractivity (Wildman–Crippen MR) is 71.5 cm³/mol. The Balaban J connectivity index is 1.91. The smallest absolute Gasteiger partial charge is 0.307 e. The molecule has 4 heteroatoms. The molecule has 3 rings (SSSR count). The van der Waals surface area contributed by atoms with E-state index < -0.39 is 5.97 Å². The van der Waals surface area contributed by atoms with Gasteiger partial charge in [0.15, 0.2) is 0 Å². The summed E-state index contributed by atoms with van der Waals surface area (Å²) in [7, 11) is 1.71. The van der Waals surface area contributed by atoms with E-state index in [1.165, 1.54) is 17.5 Å². The molecule has 2 unspecified atom stereocenters. The number of benzene rings is 1. The molecule has 1 aromatic rings. The summed E-state index contributed by atoms with van der Waals surface area (Å²) in [5, 5.41) is 12.4. The maximum Gasteiger partial charge on any atom is 0.307 e. The molecule has 1 aromatic carbocycles. The minimum atomic E-state index is -0.713. The van der Waals surface area contributed by atoms with Gasteiger partial charge >= 0.3 is 5.97 Å². The van der Waals surface area contributed by atoms with Crippen molar-refractivity contribution in [3.05, 3.63) is 28.8 Å². The molecule has 102 valence electrons. The van der Waals surface area contributed by atoms with Crippen molar-refractivity contribution in [2.24, 2.45) is 5.92 Å². The Morgan fingerprint density at radius 2 is 2.26 bits per heavy atom. The van der Waals surface area contributed by atoms with Gasteiger partial charge in [-0.1, -0.05) is 12.1 Å². The quantitative estimate of drug-likeness (QED) is 0.872. The zero-order valence-corrected chi connectivity index (χ0v) is 11.1. The lowest BCUT2D eigenvalue weighted by molar-refractivity contribution is -0.141. The topological polar surface area (TPSA) is 58.6 Å². The van der Waals surface area contributed by atoms with Gasteiger partial charge in [-0.15, -0.1) is 0 Å². The number of carboxylic acid groups (broad SMARTS) is 1. The maximum atomic E-state index is 11.0. The molecule has 19 heavy (non-hydrogen) atoms. The lowest BCUT2D eigenvalue weighted by Gasteiger charge is -2.18. The summed E-state index contributed by atoms with van der Waals surface area (Å²) >= 11 is 0. The van der Waals surface area contributed by atoms with Crippen LogP contribution in [0.25, 0.3) is 0 Å². The van der Waals surface area contributed by atoms with Gasteiger partial charge in [-0.25, -0.2) is 0 Å². The third-order valence-corrected chi connectivity index (χ3v) is 4.32. The van der Waals surface area contributed by atoms with Crippen molar-refractivity contribution in [3.8, 4) is 5.75 Å². The second-order valence-electron chi connectivity index (χ2n) is 5.41. The first-order chi connectivity index (χ1) is 9.20. The van der Waals surface area contributed by atoms with Crippen molar-refractivity contribution in [1.82, 2.24) is 5.32 Å². The van der Waals surface area contributed by atoms with Crippen LogP contribution in [0.4, 0.5) is 0 Å². The Labute approximate surface area is 112 Å². The highest BCUT2D eigenvalue weighted by Crippen LogP contribution is 2.39. The number of nitrogens with one attached hydrogen (secondary N) is 1. The van der Waals surface area contributed by atoms with Crippen molar-refractivity contribution in [2.45, 2.75) is 31.7 Å². The van der Waals surface area contributed by atoms with E-state index in [4.69, 9.17) is 9.84 Å². The molecular weight excluding hydrogens is 242 g/mol. The highest BCUT2D eigenvalue weighted by atomic mass is 16.5. The van der Waals surface area contributed by atoms with Crippen LogP contribution in [0.5, 0.6) is 5.75 Å². The minimum Gasteiger partial charge on any atom is -0.496 e. The molecule has 1 heterocycles. The molecule has 0 bridgehead atoms. The van der Waals surface area contributed by atoms with E-state index in [9.17, 15) is 4.79 Å². The van der Waals surface area contributed by atoms with Crippen LogP contribution in [0.15, 0.2) is 12.1 Å². The van der Waals surface area contributed by atoms with Crippen molar-refractivity contribution in [1.29, 1.82) is 0 Å². The first-order valence-corrected chi connectivity index (χ1v) is 6.85. The number of methoxy groups -OCH3 is 1. The molecule has 2 aliphatic rings. The largest absolute Gasteiger partial charge is 0.496 e. The van der Waals surface area contributed by atoms with Crippen LogP contribution in [0.3, 0.4) is 0 Å². The van der Waals surface area contributed by atoms with Crippen LogP contribution >= 0.6 is 0 Å². The first kappa shape index (κ1) is 12.5. The van der Waals surface area contributed by atoms with E-state index in [1.807, 2.05) is 0 Å². The summed E-state index contributed by atoms with van der Waals surface area (Å²) in [5.74, 6) is -0.0309. The number of carbonyl (C=O) groups is 1. The van der Waals surface area contributed by atoms with Crippen molar-refractivity contribution in [3.63, 3.8) is 0 Å². The van der Waals surface area contributed by atoms with Gasteiger partial charge in [-0.05, 0) is 36.8 Å². The number of hydrogen-bond acceptors (Lipinski definition) is 3. The molecule has 1 fully saturated rings. The molecule has 1 aliphatic carbocycles. The number of aliphatic carboxylic acids is 1. The summed E-state index contributed by atoms with van der Waals surface area (Å²) in [6.45, 7) is 0.542. The fourth-order valence-electron chi connectivity index (χ4n) is 3.33. The van der Waals surface area contributed by atoms with Crippen LogP contribution in [-0.2, 0) is 17.6 Å². The third-order valence-electron chi connectivity index (χ3n) is 4.32. The maximum absolute atomic E-state index is 11.0. The Morgan fingerprint density at radius 1 is 1.42 bits per heavy atom. The van der Waals surface area contributed by atoms with Gasteiger partial charge in [0.1, 0.15) is 5.75 Å². The molecule has 0 radical (unpaired) electrons. The number of fused-ring (bicyclic) bond motifs is 1. The predicted octanol–water partition coefficient (Wildman–Crippen LogP) is 1.92. The number of aryl methyl sites for hydroxylation is 1.